The molecule has 12 heavy (non-hydrogen) atoms. The number of benzene rings is 1. The highest BCUT2D eigenvalue weighted by molar-refractivity contribution is 7.97. The van der Waals surface area contributed by atoms with Crippen molar-refractivity contribution >= 4 is 24.1 Å². The van der Waals surface area contributed by atoms with Gasteiger partial charge in [0.1, 0.15) is 0 Å². The van der Waals surface area contributed by atoms with Crippen molar-refractivity contribution in [3.05, 3.63) is 24.3 Å². The Labute approximate surface area is 80.0 Å². The van der Waals surface area contributed by atoms with Crippen LogP contribution in [0.5, 0.6) is 0 Å². The fourth-order valence-electron chi connectivity index (χ4n) is 0.866. The van der Waals surface area contributed by atoms with Crippen LogP contribution in [0.4, 0.5) is 0 Å². The average molecular weight is 200 g/mol. The SMILES string of the molecule is c1ccc2c(c1)SOCCOS2. The average Bonchev–Trinajstić information content (AvgIpc) is 2.06. The second-order valence-corrected chi connectivity index (χ2v) is 3.94. The van der Waals surface area contributed by atoms with Crippen molar-refractivity contribution in [2.75, 3.05) is 13.2 Å². The van der Waals surface area contributed by atoms with Gasteiger partial charge in [0.05, 0.1) is 23.0 Å². The molecule has 64 valence electrons. The first-order valence-electron chi connectivity index (χ1n) is 3.65. The van der Waals surface area contributed by atoms with Gasteiger partial charge in [-0.1, -0.05) is 12.1 Å². The standard InChI is InChI=1S/C8H8O2S2/c1-2-4-8-7(3-1)11-9-5-6-10-12-8/h1-4H,5-6H2. The third-order valence-corrected chi connectivity index (χ3v) is 3.17. The van der Waals surface area contributed by atoms with E-state index in [0.29, 0.717) is 13.2 Å². The molecule has 2 rings (SSSR count). The van der Waals surface area contributed by atoms with Crippen LogP contribution < -0.4 is 0 Å². The Morgan fingerprint density at radius 2 is 1.42 bits per heavy atom. The monoisotopic (exact) mass is 200 g/mol. The maximum absolute atomic E-state index is 5.28. The van der Waals surface area contributed by atoms with E-state index < -0.39 is 0 Å². The van der Waals surface area contributed by atoms with Crippen molar-refractivity contribution in [1.29, 1.82) is 0 Å². The van der Waals surface area contributed by atoms with Crippen molar-refractivity contribution in [3.63, 3.8) is 0 Å². The fourth-order valence-corrected chi connectivity index (χ4v) is 2.20. The zero-order valence-electron chi connectivity index (χ0n) is 6.36. The largest absolute Gasteiger partial charge is 0.308 e. The zero-order valence-corrected chi connectivity index (χ0v) is 7.99. The molecule has 1 heterocycles. The first-order chi connectivity index (χ1) is 5.97. The second-order valence-electron chi connectivity index (χ2n) is 2.26. The molecule has 0 saturated heterocycles. The molecule has 0 saturated carbocycles. The Morgan fingerprint density at radius 1 is 0.917 bits per heavy atom. The number of fused-ring (bicyclic) bond motifs is 1. The molecule has 0 fully saturated rings. The predicted octanol–water partition coefficient (Wildman–Crippen LogP) is 2.75. The Bertz CT molecular complexity index is 238. The van der Waals surface area contributed by atoms with Gasteiger partial charge < -0.3 is 8.37 Å². The molecule has 1 aliphatic rings. The second kappa shape index (κ2) is 4.18. The van der Waals surface area contributed by atoms with Crippen LogP contribution in [0.3, 0.4) is 0 Å². The highest BCUT2D eigenvalue weighted by atomic mass is 32.2. The van der Waals surface area contributed by atoms with E-state index in [2.05, 4.69) is 0 Å². The highest BCUT2D eigenvalue weighted by Gasteiger charge is 2.07. The molecule has 0 unspecified atom stereocenters. The molecule has 0 N–H and O–H groups in total. The van der Waals surface area contributed by atoms with Gasteiger partial charge in [0.2, 0.25) is 0 Å². The lowest BCUT2D eigenvalue weighted by atomic mass is 10.4. The molecule has 0 spiro atoms. The lowest BCUT2D eigenvalue weighted by Gasteiger charge is -2.11. The molecule has 0 aromatic heterocycles. The Kier molecular flexibility index (Phi) is 2.94. The topological polar surface area (TPSA) is 18.5 Å². The van der Waals surface area contributed by atoms with Crippen LogP contribution in [0.1, 0.15) is 0 Å². The molecule has 1 aromatic rings. The van der Waals surface area contributed by atoms with E-state index in [0.717, 1.165) is 9.79 Å². The summed E-state index contributed by atoms with van der Waals surface area (Å²) in [6, 6.07) is 8.05. The zero-order chi connectivity index (χ0) is 8.23. The number of hydrogen-bond acceptors (Lipinski definition) is 4. The van der Waals surface area contributed by atoms with Gasteiger partial charge >= 0.3 is 0 Å². The van der Waals surface area contributed by atoms with Crippen molar-refractivity contribution in [3.8, 4) is 0 Å². The third-order valence-electron chi connectivity index (χ3n) is 1.40. The Hall–Kier alpha value is -0.160. The summed E-state index contributed by atoms with van der Waals surface area (Å²) in [7, 11) is 0. The van der Waals surface area contributed by atoms with Crippen LogP contribution in [0.15, 0.2) is 34.1 Å². The van der Waals surface area contributed by atoms with Gasteiger partial charge in [-0.25, -0.2) is 0 Å². The van der Waals surface area contributed by atoms with E-state index in [1.165, 1.54) is 24.1 Å². The van der Waals surface area contributed by atoms with Crippen LogP contribution in [-0.2, 0) is 8.37 Å². The van der Waals surface area contributed by atoms with Crippen molar-refractivity contribution in [2.45, 2.75) is 9.79 Å². The van der Waals surface area contributed by atoms with E-state index >= 15 is 0 Å². The summed E-state index contributed by atoms with van der Waals surface area (Å²) in [5.41, 5.74) is 0. The maximum atomic E-state index is 5.28. The molecule has 0 radical (unpaired) electrons. The minimum Gasteiger partial charge on any atom is -0.308 e. The molecule has 0 amide bonds. The van der Waals surface area contributed by atoms with Crippen LogP contribution >= 0.6 is 24.1 Å². The first-order valence-corrected chi connectivity index (χ1v) is 5.13. The third kappa shape index (κ3) is 1.95. The smallest absolute Gasteiger partial charge is 0.0865 e. The quantitative estimate of drug-likeness (QED) is 0.599. The fraction of sp³-hybridized carbons (Fsp3) is 0.250. The lowest BCUT2D eigenvalue weighted by molar-refractivity contribution is 0.263. The van der Waals surface area contributed by atoms with Crippen molar-refractivity contribution in [1.82, 2.24) is 0 Å². The summed E-state index contributed by atoms with van der Waals surface area (Å²) in [5.74, 6) is 0. The molecule has 0 aliphatic carbocycles. The highest BCUT2D eigenvalue weighted by Crippen LogP contribution is 2.33. The Morgan fingerprint density at radius 3 is 1.92 bits per heavy atom. The minimum absolute atomic E-state index is 0.645. The van der Waals surface area contributed by atoms with Crippen LogP contribution in [0, 0.1) is 0 Å². The first kappa shape index (κ1) is 8.44. The van der Waals surface area contributed by atoms with Gasteiger partial charge in [-0.05, 0) is 12.1 Å². The van der Waals surface area contributed by atoms with Crippen molar-refractivity contribution < 1.29 is 8.37 Å². The van der Waals surface area contributed by atoms with Gasteiger partial charge in [0.15, 0.2) is 0 Å². The van der Waals surface area contributed by atoms with E-state index in [1.54, 1.807) is 0 Å². The maximum Gasteiger partial charge on any atom is 0.0865 e. The lowest BCUT2D eigenvalue weighted by Crippen LogP contribution is -1.98. The number of hydrogen-bond donors (Lipinski definition) is 0. The molecule has 1 aromatic carbocycles. The molecule has 2 nitrogen and oxygen atoms in total. The Balaban J connectivity index is 2.24. The summed E-state index contributed by atoms with van der Waals surface area (Å²) >= 11 is 2.84. The minimum atomic E-state index is 0.645. The van der Waals surface area contributed by atoms with Gasteiger partial charge in [0, 0.05) is 24.1 Å². The summed E-state index contributed by atoms with van der Waals surface area (Å²) in [6.07, 6.45) is 0. The normalized spacial score (nSPS) is 17.7. The molecular weight excluding hydrogens is 192 g/mol. The number of rotatable bonds is 0. The molecular formula is C8H8O2S2. The van der Waals surface area contributed by atoms with Crippen molar-refractivity contribution in [2.24, 2.45) is 0 Å². The van der Waals surface area contributed by atoms with Crippen LogP contribution in [-0.4, -0.2) is 13.2 Å². The van der Waals surface area contributed by atoms with Gasteiger partial charge in [-0.15, -0.1) is 0 Å². The van der Waals surface area contributed by atoms with Crippen LogP contribution in [0.2, 0.25) is 0 Å². The molecule has 4 heteroatoms. The molecule has 1 aliphatic heterocycles. The van der Waals surface area contributed by atoms with E-state index in [1.807, 2.05) is 24.3 Å². The molecule has 0 atom stereocenters. The van der Waals surface area contributed by atoms with Gasteiger partial charge in [-0.2, -0.15) is 0 Å². The van der Waals surface area contributed by atoms with Crippen LogP contribution in [0.25, 0.3) is 0 Å². The molecule has 0 bridgehead atoms. The summed E-state index contributed by atoms with van der Waals surface area (Å²) in [6.45, 7) is 1.29. The van der Waals surface area contributed by atoms with Gasteiger partial charge in [-0.3, -0.25) is 0 Å². The van der Waals surface area contributed by atoms with E-state index in [4.69, 9.17) is 8.37 Å². The van der Waals surface area contributed by atoms with E-state index in [-0.39, 0.29) is 0 Å². The summed E-state index contributed by atoms with van der Waals surface area (Å²) < 4.78 is 10.6. The summed E-state index contributed by atoms with van der Waals surface area (Å²) in [5, 5.41) is 0. The summed E-state index contributed by atoms with van der Waals surface area (Å²) in [4.78, 5) is 2.25. The van der Waals surface area contributed by atoms with Gasteiger partial charge in [0.25, 0.3) is 0 Å². The van der Waals surface area contributed by atoms with E-state index in [9.17, 15) is 0 Å². The predicted molar refractivity (Wildman–Crippen MR) is 50.1 cm³/mol.